The smallest absolute Gasteiger partial charge is 0.325 e. The van der Waals surface area contributed by atoms with E-state index in [2.05, 4.69) is 5.32 Å². The summed E-state index contributed by atoms with van der Waals surface area (Å²) in [6.07, 6.45) is 0. The first-order chi connectivity index (χ1) is 13.5. The molecule has 2 aliphatic heterocycles. The van der Waals surface area contributed by atoms with Crippen molar-refractivity contribution in [3.05, 3.63) is 48.0 Å². The van der Waals surface area contributed by atoms with Crippen LogP contribution < -0.4 is 24.3 Å². The lowest BCUT2D eigenvalue weighted by Gasteiger charge is -2.22. The Labute approximate surface area is 161 Å². The van der Waals surface area contributed by atoms with Gasteiger partial charge in [0, 0.05) is 0 Å². The molecule has 3 amide bonds. The fourth-order valence-electron chi connectivity index (χ4n) is 3.23. The molecule has 2 aromatic rings. The standard InChI is InChI=1S/C20H20N2O6/c1-20(13-3-8-16-17(11-13)28-12-27-16)18(23)22(19(24)21-20)9-10-26-15-6-4-14(25-2)5-7-15/h3-8,11H,9-10,12H2,1-2H3,(H,21,24)/t20-/m1/s1. The Hall–Kier alpha value is -3.42. The van der Waals surface area contributed by atoms with Crippen molar-refractivity contribution in [1.29, 1.82) is 0 Å². The number of hydrogen-bond donors (Lipinski definition) is 1. The molecule has 0 aromatic heterocycles. The maximum Gasteiger partial charge on any atom is 0.325 e. The van der Waals surface area contributed by atoms with Crippen molar-refractivity contribution in [2.45, 2.75) is 12.5 Å². The Kier molecular flexibility index (Phi) is 4.46. The Bertz CT molecular complexity index is 913. The van der Waals surface area contributed by atoms with Crippen molar-refractivity contribution in [3.63, 3.8) is 0 Å². The second-order valence-corrected chi connectivity index (χ2v) is 6.60. The molecule has 28 heavy (non-hydrogen) atoms. The van der Waals surface area contributed by atoms with Crippen LogP contribution in [0.15, 0.2) is 42.5 Å². The molecule has 1 atom stereocenters. The highest BCUT2D eigenvalue weighted by Gasteiger charge is 2.49. The number of fused-ring (bicyclic) bond motifs is 1. The van der Waals surface area contributed by atoms with Gasteiger partial charge in [0.1, 0.15) is 23.6 Å². The molecule has 1 N–H and O–H groups in total. The first kappa shape index (κ1) is 18.0. The van der Waals surface area contributed by atoms with E-state index >= 15 is 0 Å². The number of methoxy groups -OCH3 is 1. The number of rotatable bonds is 6. The molecule has 0 spiro atoms. The third kappa shape index (κ3) is 3.06. The Morgan fingerprint density at radius 3 is 2.54 bits per heavy atom. The number of nitrogens with zero attached hydrogens (tertiary/aromatic N) is 1. The first-order valence-electron chi connectivity index (χ1n) is 8.82. The Morgan fingerprint density at radius 2 is 1.79 bits per heavy atom. The molecular weight excluding hydrogens is 364 g/mol. The number of benzene rings is 2. The fourth-order valence-corrected chi connectivity index (χ4v) is 3.23. The number of ether oxygens (including phenoxy) is 4. The SMILES string of the molecule is COc1ccc(OCCN2C(=O)N[C@](C)(c3ccc4c(c3)OCO4)C2=O)cc1. The van der Waals surface area contributed by atoms with Crippen LogP contribution in [0, 0.1) is 0 Å². The monoisotopic (exact) mass is 384 g/mol. The number of hydrogen-bond acceptors (Lipinski definition) is 6. The van der Waals surface area contributed by atoms with Crippen LogP contribution in [0.4, 0.5) is 4.79 Å². The van der Waals surface area contributed by atoms with Crippen molar-refractivity contribution in [1.82, 2.24) is 10.2 Å². The topological polar surface area (TPSA) is 86.3 Å². The minimum atomic E-state index is -1.17. The second kappa shape index (κ2) is 6.95. The molecule has 146 valence electrons. The van der Waals surface area contributed by atoms with E-state index in [1.54, 1.807) is 56.5 Å². The lowest BCUT2D eigenvalue weighted by Crippen LogP contribution is -2.41. The lowest BCUT2D eigenvalue weighted by atomic mass is 9.91. The first-order valence-corrected chi connectivity index (χ1v) is 8.82. The van der Waals surface area contributed by atoms with Gasteiger partial charge in [-0.3, -0.25) is 9.69 Å². The highest BCUT2D eigenvalue weighted by Crippen LogP contribution is 2.37. The summed E-state index contributed by atoms with van der Waals surface area (Å²) in [5.41, 5.74) is -0.535. The van der Waals surface area contributed by atoms with Crippen LogP contribution in [0.2, 0.25) is 0 Å². The third-order valence-electron chi connectivity index (χ3n) is 4.87. The van der Waals surface area contributed by atoms with Gasteiger partial charge in [0.2, 0.25) is 6.79 Å². The summed E-state index contributed by atoms with van der Waals surface area (Å²) in [4.78, 5) is 26.5. The van der Waals surface area contributed by atoms with Crippen molar-refractivity contribution in [2.75, 3.05) is 27.1 Å². The molecular formula is C20H20N2O6. The lowest BCUT2D eigenvalue weighted by molar-refractivity contribution is -0.131. The summed E-state index contributed by atoms with van der Waals surface area (Å²) in [7, 11) is 1.59. The van der Waals surface area contributed by atoms with Gasteiger partial charge in [-0.1, -0.05) is 6.07 Å². The highest BCUT2D eigenvalue weighted by molar-refractivity contribution is 6.07. The summed E-state index contributed by atoms with van der Waals surface area (Å²) < 4.78 is 21.4. The van der Waals surface area contributed by atoms with Crippen LogP contribution >= 0.6 is 0 Å². The minimum absolute atomic E-state index is 0.136. The summed E-state index contributed by atoms with van der Waals surface area (Å²) in [5.74, 6) is 2.19. The number of urea groups is 1. The minimum Gasteiger partial charge on any atom is -0.497 e. The number of imide groups is 1. The number of carbonyl (C=O) groups excluding carboxylic acids is 2. The fraction of sp³-hybridized carbons (Fsp3) is 0.300. The van der Waals surface area contributed by atoms with Crippen LogP contribution in [0.25, 0.3) is 0 Å². The average Bonchev–Trinajstić information content (AvgIpc) is 3.26. The molecule has 0 bridgehead atoms. The van der Waals surface area contributed by atoms with E-state index in [9.17, 15) is 9.59 Å². The van der Waals surface area contributed by atoms with Gasteiger partial charge >= 0.3 is 6.03 Å². The summed E-state index contributed by atoms with van der Waals surface area (Å²) in [6, 6.07) is 11.8. The van der Waals surface area contributed by atoms with E-state index in [4.69, 9.17) is 18.9 Å². The van der Waals surface area contributed by atoms with Gasteiger partial charge in [-0.05, 0) is 48.9 Å². The van der Waals surface area contributed by atoms with Crippen molar-refractivity contribution >= 4 is 11.9 Å². The largest absolute Gasteiger partial charge is 0.497 e. The number of nitrogens with one attached hydrogen (secondary N) is 1. The zero-order valence-corrected chi connectivity index (χ0v) is 15.6. The van der Waals surface area contributed by atoms with E-state index in [0.717, 1.165) is 10.6 Å². The van der Waals surface area contributed by atoms with Crippen LogP contribution in [0.5, 0.6) is 23.0 Å². The van der Waals surface area contributed by atoms with Gasteiger partial charge in [-0.2, -0.15) is 0 Å². The summed E-state index contributed by atoms with van der Waals surface area (Å²) >= 11 is 0. The normalized spacial score (nSPS) is 20.3. The van der Waals surface area contributed by atoms with Crippen molar-refractivity contribution < 1.29 is 28.5 Å². The molecule has 2 heterocycles. The predicted molar refractivity (Wildman–Crippen MR) is 98.7 cm³/mol. The summed E-state index contributed by atoms with van der Waals surface area (Å²) in [5, 5.41) is 2.77. The van der Waals surface area contributed by atoms with Gasteiger partial charge in [0.05, 0.1) is 13.7 Å². The molecule has 8 heteroatoms. The average molecular weight is 384 g/mol. The predicted octanol–water partition coefficient (Wildman–Crippen LogP) is 2.27. The Morgan fingerprint density at radius 1 is 1.07 bits per heavy atom. The van der Waals surface area contributed by atoms with E-state index in [0.29, 0.717) is 22.8 Å². The van der Waals surface area contributed by atoms with Crippen LogP contribution in [-0.2, 0) is 10.3 Å². The molecule has 0 saturated carbocycles. The van der Waals surface area contributed by atoms with Crippen molar-refractivity contribution in [2.24, 2.45) is 0 Å². The molecule has 2 aromatic carbocycles. The summed E-state index contributed by atoms with van der Waals surface area (Å²) in [6.45, 7) is 2.14. The second-order valence-electron chi connectivity index (χ2n) is 6.60. The molecule has 0 radical (unpaired) electrons. The van der Waals surface area contributed by atoms with Gasteiger partial charge < -0.3 is 24.3 Å². The maximum atomic E-state index is 13.0. The Balaban J connectivity index is 1.43. The van der Waals surface area contributed by atoms with Gasteiger partial charge in [0.15, 0.2) is 11.5 Å². The molecule has 0 aliphatic carbocycles. The third-order valence-corrected chi connectivity index (χ3v) is 4.87. The zero-order valence-electron chi connectivity index (χ0n) is 15.6. The molecule has 8 nitrogen and oxygen atoms in total. The van der Waals surface area contributed by atoms with Gasteiger partial charge in [-0.15, -0.1) is 0 Å². The van der Waals surface area contributed by atoms with E-state index in [1.807, 2.05) is 0 Å². The van der Waals surface area contributed by atoms with E-state index in [-0.39, 0.29) is 25.9 Å². The van der Waals surface area contributed by atoms with E-state index < -0.39 is 11.6 Å². The number of carbonyl (C=O) groups is 2. The molecule has 0 unspecified atom stereocenters. The van der Waals surface area contributed by atoms with Gasteiger partial charge in [0.25, 0.3) is 5.91 Å². The molecule has 2 aliphatic rings. The van der Waals surface area contributed by atoms with Crippen LogP contribution in [0.3, 0.4) is 0 Å². The number of amides is 3. The quantitative estimate of drug-likeness (QED) is 0.769. The van der Waals surface area contributed by atoms with Gasteiger partial charge in [-0.25, -0.2) is 4.79 Å². The van der Waals surface area contributed by atoms with Crippen LogP contribution in [0.1, 0.15) is 12.5 Å². The molecule has 4 rings (SSSR count). The van der Waals surface area contributed by atoms with Crippen LogP contribution in [-0.4, -0.2) is 43.9 Å². The van der Waals surface area contributed by atoms with Crippen molar-refractivity contribution in [3.8, 4) is 23.0 Å². The highest BCUT2D eigenvalue weighted by atomic mass is 16.7. The zero-order chi connectivity index (χ0) is 19.7. The molecule has 1 saturated heterocycles. The maximum absolute atomic E-state index is 13.0. The molecule has 1 fully saturated rings. The van der Waals surface area contributed by atoms with E-state index in [1.165, 1.54) is 0 Å².